The summed E-state index contributed by atoms with van der Waals surface area (Å²) in [4.78, 5) is 40.4. The summed E-state index contributed by atoms with van der Waals surface area (Å²) in [5.74, 6) is -3.82. The van der Waals surface area contributed by atoms with Gasteiger partial charge in [0.1, 0.15) is 11.8 Å². The number of unbranched alkanes of at least 4 members (excludes halogenated alkanes) is 1. The monoisotopic (exact) mass is 400 g/mol. The lowest BCUT2D eigenvalue weighted by atomic mass is 10.1. The molecule has 1 atom stereocenters. The lowest BCUT2D eigenvalue weighted by Crippen LogP contribution is -2.29. The third kappa shape index (κ3) is 15.3. The van der Waals surface area contributed by atoms with Crippen molar-refractivity contribution in [3.05, 3.63) is 29.8 Å². The van der Waals surface area contributed by atoms with Crippen LogP contribution in [-0.4, -0.2) is 53.2 Å². The molecular formula is C17H26N3O8-. The number of carbonyl (C=O) groups excluding carboxylic acids is 2. The van der Waals surface area contributed by atoms with Gasteiger partial charge in [0.25, 0.3) is 0 Å². The van der Waals surface area contributed by atoms with Crippen LogP contribution in [0.4, 0.5) is 0 Å². The van der Waals surface area contributed by atoms with Crippen LogP contribution in [0.25, 0.3) is 0 Å². The molecule has 0 heterocycles. The van der Waals surface area contributed by atoms with Gasteiger partial charge in [0.15, 0.2) is 0 Å². The first-order valence-corrected chi connectivity index (χ1v) is 8.15. The second-order valence-corrected chi connectivity index (χ2v) is 5.20. The van der Waals surface area contributed by atoms with Gasteiger partial charge < -0.3 is 42.1 Å². The number of carboxylic acids is 3. The predicted octanol–water partition coefficient (Wildman–Crippen LogP) is -1.47. The standard InChI is InChI=1S/C9H8O4.C6H14N2O2.C2H5NO2/c1-6(10)13-8-5-3-2-4-7(8)9(11)12;7-4-2-1-3-5(8)6(9)10;3-1-2(4)5/h2-5H,1H3,(H,11,12);5H,1-4,7-8H2,(H,9,10);1,3H2,(H,4,5)/p-1. The number of ether oxygens (including phenoxy) is 1. The van der Waals surface area contributed by atoms with Crippen molar-refractivity contribution in [1.29, 1.82) is 0 Å². The summed E-state index contributed by atoms with van der Waals surface area (Å²) >= 11 is 0. The number of carbonyl (C=O) groups is 4. The number of nitrogens with two attached hydrogens (primary N) is 3. The number of aliphatic carboxylic acids is 2. The van der Waals surface area contributed by atoms with Gasteiger partial charge in [-0.25, -0.2) is 0 Å². The molecule has 0 radical (unpaired) electrons. The molecule has 11 nitrogen and oxygen atoms in total. The lowest BCUT2D eigenvalue weighted by Gasteiger charge is -2.08. The molecule has 158 valence electrons. The summed E-state index contributed by atoms with van der Waals surface area (Å²) < 4.78 is 4.65. The maximum Gasteiger partial charge on any atom is 0.320 e. The molecule has 1 aromatic rings. The van der Waals surface area contributed by atoms with Gasteiger partial charge in [0, 0.05) is 12.5 Å². The fraction of sp³-hybridized carbons (Fsp3) is 0.412. The molecule has 0 fully saturated rings. The molecule has 1 unspecified atom stereocenters. The molecule has 0 amide bonds. The van der Waals surface area contributed by atoms with Crippen LogP contribution in [0.5, 0.6) is 5.75 Å². The van der Waals surface area contributed by atoms with Crippen molar-refractivity contribution in [2.24, 2.45) is 17.2 Å². The highest BCUT2D eigenvalue weighted by atomic mass is 16.5. The number of para-hydroxylation sites is 1. The van der Waals surface area contributed by atoms with E-state index in [1.54, 1.807) is 6.07 Å². The largest absolute Gasteiger partial charge is 0.545 e. The Balaban J connectivity index is 0. The first-order chi connectivity index (χ1) is 13.1. The Morgan fingerprint density at radius 1 is 1.11 bits per heavy atom. The van der Waals surface area contributed by atoms with Crippen LogP contribution in [0.3, 0.4) is 0 Å². The molecule has 8 N–H and O–H groups in total. The fourth-order valence-corrected chi connectivity index (χ4v) is 1.51. The van der Waals surface area contributed by atoms with E-state index in [0.717, 1.165) is 12.8 Å². The average Bonchev–Trinajstić information content (AvgIpc) is 2.62. The second-order valence-electron chi connectivity index (χ2n) is 5.20. The molecule has 1 rings (SSSR count). The van der Waals surface area contributed by atoms with E-state index < -0.39 is 29.9 Å². The van der Waals surface area contributed by atoms with Crippen LogP contribution in [0.2, 0.25) is 0 Å². The van der Waals surface area contributed by atoms with E-state index in [1.165, 1.54) is 25.1 Å². The molecule has 0 aliphatic heterocycles. The second kappa shape index (κ2) is 16.2. The van der Waals surface area contributed by atoms with Crippen molar-refractivity contribution in [2.75, 3.05) is 13.1 Å². The van der Waals surface area contributed by atoms with E-state index in [1.807, 2.05) is 0 Å². The highest BCUT2D eigenvalue weighted by molar-refractivity contribution is 5.90. The minimum Gasteiger partial charge on any atom is -0.545 e. The van der Waals surface area contributed by atoms with Gasteiger partial charge in [-0.1, -0.05) is 18.6 Å². The van der Waals surface area contributed by atoms with Crippen molar-refractivity contribution < 1.29 is 39.2 Å². The Hall–Kier alpha value is -3.02. The van der Waals surface area contributed by atoms with Crippen molar-refractivity contribution in [3.63, 3.8) is 0 Å². The molecule has 0 bridgehead atoms. The lowest BCUT2D eigenvalue weighted by molar-refractivity contribution is -0.255. The van der Waals surface area contributed by atoms with Crippen LogP contribution in [-0.2, 0) is 14.4 Å². The Kier molecular flexibility index (Phi) is 15.7. The van der Waals surface area contributed by atoms with Crippen LogP contribution in [0, 0.1) is 0 Å². The summed E-state index contributed by atoms with van der Waals surface area (Å²) in [6.45, 7) is 1.53. The van der Waals surface area contributed by atoms with Crippen molar-refractivity contribution in [2.45, 2.75) is 32.2 Å². The van der Waals surface area contributed by atoms with Crippen molar-refractivity contribution in [3.8, 4) is 5.75 Å². The summed E-state index contributed by atoms with van der Waals surface area (Å²) in [5, 5.41) is 26.4. The Bertz CT molecular complexity index is 637. The number of aromatic carboxylic acids is 1. The van der Waals surface area contributed by atoms with Gasteiger partial charge in [0.2, 0.25) is 0 Å². The first kappa shape index (κ1) is 27.2. The number of carboxylic acid groups (broad SMARTS) is 3. The summed E-state index contributed by atoms with van der Waals surface area (Å²) in [5.41, 5.74) is 14.9. The molecule has 0 aliphatic carbocycles. The van der Waals surface area contributed by atoms with Crippen LogP contribution < -0.4 is 27.0 Å². The van der Waals surface area contributed by atoms with Gasteiger partial charge in [-0.3, -0.25) is 14.4 Å². The smallest absolute Gasteiger partial charge is 0.320 e. The van der Waals surface area contributed by atoms with E-state index in [4.69, 9.17) is 21.7 Å². The SMILES string of the molecule is CC(=O)Oc1ccccc1C(=O)[O-].NCC(=O)O.NCCCCC(N)C(=O)O. The zero-order valence-corrected chi connectivity index (χ0v) is 15.5. The molecular weight excluding hydrogens is 374 g/mol. The molecule has 28 heavy (non-hydrogen) atoms. The predicted molar refractivity (Wildman–Crippen MR) is 97.3 cm³/mol. The van der Waals surface area contributed by atoms with Crippen molar-refractivity contribution in [1.82, 2.24) is 0 Å². The van der Waals surface area contributed by atoms with Crippen LogP contribution >= 0.6 is 0 Å². The minimum absolute atomic E-state index is 0.00926. The zero-order valence-electron chi connectivity index (χ0n) is 15.5. The maximum atomic E-state index is 10.6. The average molecular weight is 400 g/mol. The first-order valence-electron chi connectivity index (χ1n) is 8.15. The van der Waals surface area contributed by atoms with E-state index >= 15 is 0 Å². The number of hydrogen-bond donors (Lipinski definition) is 5. The number of hydrogen-bond acceptors (Lipinski definition) is 9. The third-order valence-corrected chi connectivity index (χ3v) is 2.82. The van der Waals surface area contributed by atoms with E-state index in [9.17, 15) is 24.3 Å². The summed E-state index contributed by atoms with van der Waals surface area (Å²) in [6.07, 6.45) is 2.16. The van der Waals surface area contributed by atoms with E-state index in [-0.39, 0.29) is 17.9 Å². The summed E-state index contributed by atoms with van der Waals surface area (Å²) in [6, 6.07) is 5.09. The van der Waals surface area contributed by atoms with Gasteiger partial charge in [-0.15, -0.1) is 0 Å². The maximum absolute atomic E-state index is 10.6. The Labute approximate surface area is 162 Å². The van der Waals surface area contributed by atoms with Crippen LogP contribution in [0.15, 0.2) is 24.3 Å². The van der Waals surface area contributed by atoms with E-state index in [2.05, 4.69) is 10.5 Å². The highest BCUT2D eigenvalue weighted by Gasteiger charge is 2.09. The molecule has 0 saturated heterocycles. The minimum atomic E-state index is -1.36. The molecule has 1 aromatic carbocycles. The van der Waals surface area contributed by atoms with Gasteiger partial charge in [0.05, 0.1) is 12.5 Å². The normalized spacial score (nSPS) is 10.3. The number of esters is 1. The van der Waals surface area contributed by atoms with Gasteiger partial charge in [-0.2, -0.15) is 0 Å². The molecule has 0 spiro atoms. The van der Waals surface area contributed by atoms with Gasteiger partial charge in [-0.05, 0) is 31.5 Å². The quantitative estimate of drug-likeness (QED) is 0.192. The highest BCUT2D eigenvalue weighted by Crippen LogP contribution is 2.16. The third-order valence-electron chi connectivity index (χ3n) is 2.82. The van der Waals surface area contributed by atoms with Gasteiger partial charge >= 0.3 is 17.9 Å². The van der Waals surface area contributed by atoms with Crippen LogP contribution in [0.1, 0.15) is 36.5 Å². The molecule has 0 saturated carbocycles. The number of rotatable bonds is 8. The Morgan fingerprint density at radius 3 is 2.04 bits per heavy atom. The summed E-state index contributed by atoms with van der Waals surface area (Å²) in [7, 11) is 0. The number of benzene rings is 1. The fourth-order valence-electron chi connectivity index (χ4n) is 1.51. The topological polar surface area (TPSA) is 219 Å². The molecule has 0 aliphatic rings. The molecule has 0 aromatic heterocycles. The zero-order chi connectivity index (χ0) is 22.1. The molecule has 11 heteroatoms. The Morgan fingerprint density at radius 2 is 1.64 bits per heavy atom. The van der Waals surface area contributed by atoms with E-state index in [0.29, 0.717) is 13.0 Å². The van der Waals surface area contributed by atoms with Crippen molar-refractivity contribution >= 4 is 23.9 Å².